The fourth-order valence-corrected chi connectivity index (χ4v) is 3.71. The third kappa shape index (κ3) is 2.81. The van der Waals surface area contributed by atoms with Crippen molar-refractivity contribution in [1.82, 2.24) is 4.72 Å². The van der Waals surface area contributed by atoms with Gasteiger partial charge in [0.25, 0.3) is 0 Å². The SMILES string of the molecule is NC1(CNS(=O)(=O)c2cccc(Cl)c2Cl)CCC1. The molecule has 4 nitrogen and oxygen atoms in total. The molecule has 0 atom stereocenters. The molecule has 0 saturated heterocycles. The zero-order valence-corrected chi connectivity index (χ0v) is 11.9. The largest absolute Gasteiger partial charge is 0.324 e. The van der Waals surface area contributed by atoms with E-state index < -0.39 is 15.6 Å². The Morgan fingerprint density at radius 3 is 2.56 bits per heavy atom. The van der Waals surface area contributed by atoms with Gasteiger partial charge in [0.05, 0.1) is 10.0 Å². The summed E-state index contributed by atoms with van der Waals surface area (Å²) in [4.78, 5) is -0.0143. The van der Waals surface area contributed by atoms with Gasteiger partial charge in [-0.1, -0.05) is 29.3 Å². The van der Waals surface area contributed by atoms with Gasteiger partial charge in [0.2, 0.25) is 10.0 Å². The molecule has 0 aliphatic heterocycles. The Morgan fingerprint density at radius 1 is 1.33 bits per heavy atom. The van der Waals surface area contributed by atoms with Gasteiger partial charge in [-0.2, -0.15) is 0 Å². The molecule has 1 saturated carbocycles. The third-order valence-corrected chi connectivity index (χ3v) is 5.54. The fraction of sp³-hybridized carbons (Fsp3) is 0.455. The lowest BCUT2D eigenvalue weighted by Crippen LogP contribution is -2.54. The van der Waals surface area contributed by atoms with E-state index in [0.29, 0.717) is 0 Å². The number of nitrogens with one attached hydrogen (secondary N) is 1. The first-order valence-corrected chi connectivity index (χ1v) is 7.81. The summed E-state index contributed by atoms with van der Waals surface area (Å²) in [5.41, 5.74) is 5.55. The first-order valence-electron chi connectivity index (χ1n) is 5.57. The monoisotopic (exact) mass is 308 g/mol. The minimum Gasteiger partial charge on any atom is -0.324 e. The number of nitrogens with two attached hydrogens (primary N) is 1. The second-order valence-electron chi connectivity index (χ2n) is 4.59. The fourth-order valence-electron chi connectivity index (χ4n) is 1.82. The van der Waals surface area contributed by atoms with E-state index in [4.69, 9.17) is 28.9 Å². The van der Waals surface area contributed by atoms with Crippen molar-refractivity contribution in [2.24, 2.45) is 5.73 Å². The van der Waals surface area contributed by atoms with Crippen LogP contribution in [0, 0.1) is 0 Å². The molecule has 1 aromatic rings. The smallest absolute Gasteiger partial charge is 0.242 e. The molecule has 0 unspecified atom stereocenters. The molecule has 0 spiro atoms. The van der Waals surface area contributed by atoms with Crippen molar-refractivity contribution in [2.75, 3.05) is 6.54 Å². The van der Waals surface area contributed by atoms with Gasteiger partial charge < -0.3 is 5.73 Å². The van der Waals surface area contributed by atoms with Crippen molar-refractivity contribution >= 4 is 33.2 Å². The predicted molar refractivity (Wildman–Crippen MR) is 72.4 cm³/mol. The molecule has 0 radical (unpaired) electrons. The van der Waals surface area contributed by atoms with E-state index in [1.807, 2.05) is 0 Å². The predicted octanol–water partition coefficient (Wildman–Crippen LogP) is 2.15. The third-order valence-electron chi connectivity index (χ3n) is 3.17. The molecule has 1 aliphatic carbocycles. The maximum atomic E-state index is 12.1. The summed E-state index contributed by atoms with van der Waals surface area (Å²) in [6.07, 6.45) is 2.70. The molecule has 1 aromatic carbocycles. The van der Waals surface area contributed by atoms with E-state index in [2.05, 4.69) is 4.72 Å². The molecule has 2 rings (SSSR count). The van der Waals surface area contributed by atoms with Crippen LogP contribution in [0.3, 0.4) is 0 Å². The minimum atomic E-state index is -3.67. The molecule has 7 heteroatoms. The maximum Gasteiger partial charge on any atom is 0.242 e. The summed E-state index contributed by atoms with van der Waals surface area (Å²) < 4.78 is 26.7. The maximum absolute atomic E-state index is 12.1. The van der Waals surface area contributed by atoms with Crippen molar-refractivity contribution < 1.29 is 8.42 Å². The summed E-state index contributed by atoms with van der Waals surface area (Å²) in [5.74, 6) is 0. The van der Waals surface area contributed by atoms with Gasteiger partial charge in [-0.25, -0.2) is 13.1 Å². The zero-order chi connectivity index (χ0) is 13.4. The topological polar surface area (TPSA) is 72.2 Å². The van der Waals surface area contributed by atoms with Gasteiger partial charge in [0.15, 0.2) is 0 Å². The Balaban J connectivity index is 2.18. The van der Waals surface area contributed by atoms with Crippen LogP contribution in [0.15, 0.2) is 23.1 Å². The Morgan fingerprint density at radius 2 is 2.00 bits per heavy atom. The molecule has 0 bridgehead atoms. The quantitative estimate of drug-likeness (QED) is 0.895. The van der Waals surface area contributed by atoms with Crippen LogP contribution in [0.1, 0.15) is 19.3 Å². The number of hydrogen-bond acceptors (Lipinski definition) is 3. The Bertz CT molecular complexity index is 556. The highest BCUT2D eigenvalue weighted by molar-refractivity contribution is 7.89. The summed E-state index contributed by atoms with van der Waals surface area (Å²) in [5, 5.41) is 0.247. The lowest BCUT2D eigenvalue weighted by molar-refractivity contribution is 0.251. The van der Waals surface area contributed by atoms with Gasteiger partial charge in [-0.05, 0) is 31.4 Å². The number of halogens is 2. The van der Waals surface area contributed by atoms with E-state index in [-0.39, 0.29) is 21.5 Å². The first-order chi connectivity index (χ1) is 8.34. The summed E-state index contributed by atoms with van der Waals surface area (Å²) >= 11 is 11.7. The van der Waals surface area contributed by atoms with Crippen LogP contribution < -0.4 is 10.5 Å². The van der Waals surface area contributed by atoms with Gasteiger partial charge >= 0.3 is 0 Å². The van der Waals surface area contributed by atoms with Crippen LogP contribution in [0.5, 0.6) is 0 Å². The minimum absolute atomic E-state index is 0.0143. The summed E-state index contributed by atoms with van der Waals surface area (Å²) in [7, 11) is -3.67. The van der Waals surface area contributed by atoms with Gasteiger partial charge in [0, 0.05) is 12.1 Å². The highest BCUT2D eigenvalue weighted by Gasteiger charge is 2.34. The molecule has 18 heavy (non-hydrogen) atoms. The van der Waals surface area contributed by atoms with Crippen molar-refractivity contribution in [3.8, 4) is 0 Å². The summed E-state index contributed by atoms with van der Waals surface area (Å²) in [6, 6.07) is 4.50. The van der Waals surface area contributed by atoms with Crippen LogP contribution in [0.4, 0.5) is 0 Å². The van der Waals surface area contributed by atoms with Gasteiger partial charge in [0.1, 0.15) is 4.90 Å². The van der Waals surface area contributed by atoms with Crippen LogP contribution in [0.2, 0.25) is 10.0 Å². The van der Waals surface area contributed by atoms with Gasteiger partial charge in [-0.3, -0.25) is 0 Å². The number of rotatable bonds is 4. The molecule has 100 valence electrons. The highest BCUT2D eigenvalue weighted by atomic mass is 35.5. The molecular formula is C11H14Cl2N2O2S. The molecule has 3 N–H and O–H groups in total. The Labute approximate surface area is 117 Å². The normalized spacial score (nSPS) is 18.4. The molecule has 1 aliphatic rings. The number of hydrogen-bond donors (Lipinski definition) is 2. The summed E-state index contributed by atoms with van der Waals surface area (Å²) in [6.45, 7) is 0.220. The zero-order valence-electron chi connectivity index (χ0n) is 9.62. The van der Waals surface area contributed by atoms with Crippen LogP contribution >= 0.6 is 23.2 Å². The second kappa shape index (κ2) is 4.98. The number of sulfonamides is 1. The average molecular weight is 309 g/mol. The Hall–Kier alpha value is -0.330. The second-order valence-corrected chi connectivity index (χ2v) is 7.11. The van der Waals surface area contributed by atoms with Crippen LogP contribution in [0.25, 0.3) is 0 Å². The first kappa shape index (κ1) is 14.1. The molecule has 0 amide bonds. The standard InChI is InChI=1S/C11H14Cl2N2O2S/c12-8-3-1-4-9(10(8)13)18(16,17)15-7-11(14)5-2-6-11/h1,3-4,15H,2,5-7,14H2. The van der Waals surface area contributed by atoms with Crippen molar-refractivity contribution in [3.05, 3.63) is 28.2 Å². The lowest BCUT2D eigenvalue weighted by Gasteiger charge is -2.38. The van der Waals surface area contributed by atoms with Crippen molar-refractivity contribution in [2.45, 2.75) is 29.7 Å². The average Bonchev–Trinajstić information content (AvgIpc) is 2.27. The van der Waals surface area contributed by atoms with Crippen LogP contribution in [-0.2, 0) is 10.0 Å². The van der Waals surface area contributed by atoms with Crippen molar-refractivity contribution in [3.63, 3.8) is 0 Å². The highest BCUT2D eigenvalue weighted by Crippen LogP contribution is 2.31. The lowest BCUT2D eigenvalue weighted by atomic mass is 9.78. The van der Waals surface area contributed by atoms with Crippen molar-refractivity contribution in [1.29, 1.82) is 0 Å². The van der Waals surface area contributed by atoms with Crippen LogP contribution in [-0.4, -0.2) is 20.5 Å². The van der Waals surface area contributed by atoms with Gasteiger partial charge in [-0.15, -0.1) is 0 Å². The molecule has 0 heterocycles. The van der Waals surface area contributed by atoms with E-state index >= 15 is 0 Å². The molecule has 0 aromatic heterocycles. The molecule has 1 fully saturated rings. The van der Waals surface area contributed by atoms with E-state index in [9.17, 15) is 8.42 Å². The van der Waals surface area contributed by atoms with E-state index in [1.54, 1.807) is 12.1 Å². The van der Waals surface area contributed by atoms with E-state index in [0.717, 1.165) is 19.3 Å². The van der Waals surface area contributed by atoms with E-state index in [1.165, 1.54) is 6.07 Å². The molecular weight excluding hydrogens is 295 g/mol. The Kier molecular flexibility index (Phi) is 3.90. The number of benzene rings is 1.